The third-order valence-corrected chi connectivity index (χ3v) is 3.10. The molecule has 0 saturated carbocycles. The second-order valence-electron chi connectivity index (χ2n) is 4.66. The molecule has 2 aromatic rings. The first-order chi connectivity index (χ1) is 10.7. The van der Waals surface area contributed by atoms with Gasteiger partial charge in [-0.1, -0.05) is 0 Å². The number of esters is 1. The smallest absolute Gasteiger partial charge is 0.305 e. The molecule has 7 nitrogen and oxygen atoms in total. The molecule has 2 rings (SSSR count). The molecule has 0 atom stereocenters. The van der Waals surface area contributed by atoms with E-state index in [2.05, 4.69) is 20.0 Å². The quantitative estimate of drug-likeness (QED) is 0.616. The number of carbonyl (C=O) groups excluding carboxylic acids is 2. The molecular formula is C15H18N4O3. The minimum Gasteiger partial charge on any atom is -0.469 e. The number of hydrogen-bond acceptors (Lipinski definition) is 5. The second kappa shape index (κ2) is 7.92. The van der Waals surface area contributed by atoms with E-state index in [-0.39, 0.29) is 11.9 Å². The highest BCUT2D eigenvalue weighted by atomic mass is 16.5. The Bertz CT molecular complexity index is 625. The van der Waals surface area contributed by atoms with Crippen molar-refractivity contribution in [3.63, 3.8) is 0 Å². The summed E-state index contributed by atoms with van der Waals surface area (Å²) in [5.74, 6) is 0.239. The van der Waals surface area contributed by atoms with Crippen molar-refractivity contribution in [3.8, 4) is 5.82 Å². The van der Waals surface area contributed by atoms with Crippen molar-refractivity contribution < 1.29 is 14.3 Å². The Morgan fingerprint density at radius 2 is 2.18 bits per heavy atom. The molecule has 0 bridgehead atoms. The summed E-state index contributed by atoms with van der Waals surface area (Å²) in [6.45, 7) is 0.512. The SMILES string of the molecule is COC(=O)CCCCNC(=O)c1ccnc(-n2ccnc2)c1. The van der Waals surface area contributed by atoms with Crippen molar-refractivity contribution in [2.75, 3.05) is 13.7 Å². The molecule has 0 aromatic carbocycles. The predicted octanol–water partition coefficient (Wildman–Crippen LogP) is 1.34. The Hall–Kier alpha value is -2.70. The van der Waals surface area contributed by atoms with Gasteiger partial charge in [-0.15, -0.1) is 0 Å². The van der Waals surface area contributed by atoms with Gasteiger partial charge in [0.15, 0.2) is 0 Å². The van der Waals surface area contributed by atoms with Gasteiger partial charge in [-0.05, 0) is 25.0 Å². The van der Waals surface area contributed by atoms with Crippen LogP contribution in [0.15, 0.2) is 37.1 Å². The van der Waals surface area contributed by atoms with Crippen molar-refractivity contribution in [2.45, 2.75) is 19.3 Å². The number of nitrogens with one attached hydrogen (secondary N) is 1. The largest absolute Gasteiger partial charge is 0.469 e. The highest BCUT2D eigenvalue weighted by molar-refractivity contribution is 5.94. The Morgan fingerprint density at radius 1 is 1.32 bits per heavy atom. The third-order valence-electron chi connectivity index (χ3n) is 3.10. The number of ether oxygens (including phenoxy) is 1. The minimum absolute atomic E-state index is 0.165. The molecule has 116 valence electrons. The molecule has 0 saturated heterocycles. The highest BCUT2D eigenvalue weighted by Gasteiger charge is 2.07. The number of aromatic nitrogens is 3. The van der Waals surface area contributed by atoms with Gasteiger partial charge in [0.05, 0.1) is 7.11 Å². The number of rotatable bonds is 7. The van der Waals surface area contributed by atoms with E-state index in [0.29, 0.717) is 30.8 Å². The fraction of sp³-hybridized carbons (Fsp3) is 0.333. The number of carbonyl (C=O) groups is 2. The summed E-state index contributed by atoms with van der Waals surface area (Å²) in [5, 5.41) is 2.82. The number of methoxy groups -OCH3 is 1. The number of nitrogens with zero attached hydrogens (tertiary/aromatic N) is 3. The summed E-state index contributed by atoms with van der Waals surface area (Å²) < 4.78 is 6.28. The molecule has 0 aliphatic carbocycles. The van der Waals surface area contributed by atoms with Gasteiger partial charge >= 0.3 is 5.97 Å². The van der Waals surface area contributed by atoms with E-state index in [0.717, 1.165) is 6.42 Å². The standard InChI is InChI=1S/C15H18N4O3/c1-22-14(20)4-2-3-6-18-15(21)12-5-7-17-13(10-12)19-9-8-16-11-19/h5,7-11H,2-4,6H2,1H3,(H,18,21). The molecule has 1 amide bonds. The molecule has 2 aromatic heterocycles. The summed E-state index contributed by atoms with van der Waals surface area (Å²) in [4.78, 5) is 31.2. The van der Waals surface area contributed by atoms with Gasteiger partial charge in [-0.3, -0.25) is 14.2 Å². The average molecular weight is 302 g/mol. The predicted molar refractivity (Wildman–Crippen MR) is 79.6 cm³/mol. The molecular weight excluding hydrogens is 284 g/mol. The zero-order chi connectivity index (χ0) is 15.8. The van der Waals surface area contributed by atoms with E-state index < -0.39 is 0 Å². The van der Waals surface area contributed by atoms with Gasteiger partial charge in [0.1, 0.15) is 12.1 Å². The van der Waals surface area contributed by atoms with Crippen LogP contribution in [0.25, 0.3) is 5.82 Å². The lowest BCUT2D eigenvalue weighted by atomic mass is 10.2. The van der Waals surface area contributed by atoms with E-state index in [1.807, 2.05) is 0 Å². The Morgan fingerprint density at radius 3 is 2.91 bits per heavy atom. The van der Waals surface area contributed by atoms with Crippen LogP contribution in [-0.4, -0.2) is 40.1 Å². The minimum atomic E-state index is -0.231. The fourth-order valence-corrected chi connectivity index (χ4v) is 1.90. The van der Waals surface area contributed by atoms with Gasteiger partial charge in [0.25, 0.3) is 5.91 Å². The molecule has 0 spiro atoms. The third kappa shape index (κ3) is 4.41. The normalized spacial score (nSPS) is 10.2. The Labute approximate surface area is 128 Å². The monoisotopic (exact) mass is 302 g/mol. The van der Waals surface area contributed by atoms with Crippen LogP contribution in [0.5, 0.6) is 0 Å². The summed E-state index contributed by atoms with van der Waals surface area (Å²) in [7, 11) is 1.37. The van der Waals surface area contributed by atoms with Crippen LogP contribution in [0, 0.1) is 0 Å². The zero-order valence-electron chi connectivity index (χ0n) is 12.4. The van der Waals surface area contributed by atoms with Crippen molar-refractivity contribution in [1.82, 2.24) is 19.9 Å². The van der Waals surface area contributed by atoms with Crippen LogP contribution in [0.3, 0.4) is 0 Å². The number of unbranched alkanes of at least 4 members (excludes halogenated alkanes) is 1. The summed E-state index contributed by atoms with van der Waals surface area (Å²) in [6, 6.07) is 3.36. The van der Waals surface area contributed by atoms with Gasteiger partial charge in [-0.2, -0.15) is 0 Å². The molecule has 0 aliphatic rings. The lowest BCUT2D eigenvalue weighted by Gasteiger charge is -2.07. The first-order valence-corrected chi connectivity index (χ1v) is 7.00. The zero-order valence-corrected chi connectivity index (χ0v) is 12.4. The molecule has 0 aliphatic heterocycles. The number of hydrogen-bond donors (Lipinski definition) is 1. The van der Waals surface area contributed by atoms with Crippen molar-refractivity contribution in [2.24, 2.45) is 0 Å². The van der Waals surface area contributed by atoms with Crippen LogP contribution in [-0.2, 0) is 9.53 Å². The van der Waals surface area contributed by atoms with Crippen molar-refractivity contribution >= 4 is 11.9 Å². The van der Waals surface area contributed by atoms with Crippen LogP contribution in [0.2, 0.25) is 0 Å². The van der Waals surface area contributed by atoms with Crippen LogP contribution >= 0.6 is 0 Å². The Kier molecular flexibility index (Phi) is 5.65. The van der Waals surface area contributed by atoms with Crippen LogP contribution < -0.4 is 5.32 Å². The molecule has 2 heterocycles. The van der Waals surface area contributed by atoms with Crippen LogP contribution in [0.4, 0.5) is 0 Å². The van der Waals surface area contributed by atoms with Gasteiger partial charge in [0.2, 0.25) is 0 Å². The lowest BCUT2D eigenvalue weighted by molar-refractivity contribution is -0.140. The van der Waals surface area contributed by atoms with E-state index in [1.165, 1.54) is 7.11 Å². The molecule has 22 heavy (non-hydrogen) atoms. The lowest BCUT2D eigenvalue weighted by Crippen LogP contribution is -2.24. The maximum Gasteiger partial charge on any atom is 0.305 e. The van der Waals surface area contributed by atoms with Crippen molar-refractivity contribution in [1.29, 1.82) is 0 Å². The van der Waals surface area contributed by atoms with Crippen LogP contribution in [0.1, 0.15) is 29.6 Å². The van der Waals surface area contributed by atoms with E-state index in [9.17, 15) is 9.59 Å². The molecule has 7 heteroatoms. The van der Waals surface area contributed by atoms with Crippen molar-refractivity contribution in [3.05, 3.63) is 42.6 Å². The van der Waals surface area contributed by atoms with Gasteiger partial charge in [-0.25, -0.2) is 9.97 Å². The van der Waals surface area contributed by atoms with Gasteiger partial charge < -0.3 is 10.1 Å². The average Bonchev–Trinajstić information content (AvgIpc) is 3.08. The van der Waals surface area contributed by atoms with Gasteiger partial charge in [0, 0.05) is 37.1 Å². The number of pyridine rings is 1. The van der Waals surface area contributed by atoms with E-state index >= 15 is 0 Å². The first-order valence-electron chi connectivity index (χ1n) is 7.00. The van der Waals surface area contributed by atoms with E-state index in [4.69, 9.17) is 0 Å². The molecule has 0 fully saturated rings. The summed E-state index contributed by atoms with van der Waals surface area (Å²) in [5.41, 5.74) is 0.534. The fourth-order valence-electron chi connectivity index (χ4n) is 1.90. The molecule has 0 radical (unpaired) electrons. The summed E-state index contributed by atoms with van der Waals surface area (Å²) >= 11 is 0. The summed E-state index contributed by atoms with van der Waals surface area (Å²) in [6.07, 6.45) is 8.39. The first kappa shape index (κ1) is 15.7. The second-order valence-corrected chi connectivity index (χ2v) is 4.66. The molecule has 1 N–H and O–H groups in total. The maximum atomic E-state index is 12.1. The topological polar surface area (TPSA) is 86.1 Å². The Balaban J connectivity index is 1.83. The highest BCUT2D eigenvalue weighted by Crippen LogP contribution is 2.07. The number of amides is 1. The maximum absolute atomic E-state index is 12.1. The molecule has 0 unspecified atom stereocenters. The number of imidazole rings is 1. The van der Waals surface area contributed by atoms with E-state index in [1.54, 1.807) is 41.6 Å².